The van der Waals surface area contributed by atoms with E-state index in [4.69, 9.17) is 0 Å². The Morgan fingerprint density at radius 2 is 2.04 bits per heavy atom. The number of imidazole rings is 1. The fourth-order valence-electron chi connectivity index (χ4n) is 2.53. The van der Waals surface area contributed by atoms with E-state index in [2.05, 4.69) is 55.1 Å². The molecule has 3 nitrogen and oxygen atoms in total. The zero-order chi connectivity index (χ0) is 17.0. The molecule has 4 heteroatoms. The first kappa shape index (κ1) is 17.3. The third-order valence-electron chi connectivity index (χ3n) is 4.19. The normalized spacial score (nSPS) is 12.6. The summed E-state index contributed by atoms with van der Waals surface area (Å²) in [6.07, 6.45) is 5.26. The Bertz CT molecular complexity index is 754. The quantitative estimate of drug-likeness (QED) is 0.588. The number of benzene rings is 1. The van der Waals surface area contributed by atoms with Crippen LogP contribution in [0.5, 0.6) is 0 Å². The first-order chi connectivity index (χ1) is 11.0. The summed E-state index contributed by atoms with van der Waals surface area (Å²) in [6.45, 7) is 12.4. The number of aromatic nitrogens is 2. The fourth-order valence-corrected chi connectivity index (χ4v) is 2.53. The van der Waals surface area contributed by atoms with Crippen molar-refractivity contribution in [2.75, 3.05) is 0 Å². The molecule has 2 aromatic rings. The lowest BCUT2D eigenvalue weighted by Gasteiger charge is -2.07. The maximum Gasteiger partial charge on any atom is 0.170 e. The van der Waals surface area contributed by atoms with E-state index in [0.29, 0.717) is 0 Å². The molecule has 23 heavy (non-hydrogen) atoms. The van der Waals surface area contributed by atoms with E-state index < -0.39 is 0 Å². The summed E-state index contributed by atoms with van der Waals surface area (Å²) < 4.78 is 1.84. The maximum absolute atomic E-state index is 4.64. The third-order valence-corrected chi connectivity index (χ3v) is 4.19. The lowest BCUT2D eigenvalue weighted by Crippen LogP contribution is -2.03. The number of rotatable bonds is 5. The zero-order valence-electron chi connectivity index (χ0n) is 15.0. The highest BCUT2D eigenvalue weighted by Gasteiger charge is 2.07. The Morgan fingerprint density at radius 3 is 2.70 bits per heavy atom. The van der Waals surface area contributed by atoms with E-state index in [1.165, 1.54) is 16.7 Å². The van der Waals surface area contributed by atoms with Gasteiger partial charge in [-0.25, -0.2) is 9.66 Å². The average molecular weight is 306 g/mol. The molecular formula is C19H25BN3. The van der Waals surface area contributed by atoms with Gasteiger partial charge in [0.15, 0.2) is 7.28 Å². The second-order valence-corrected chi connectivity index (χ2v) is 5.86. The van der Waals surface area contributed by atoms with Crippen LogP contribution in [0.3, 0.4) is 0 Å². The standard InChI is InChI=1S/C19H25BN3/c1-7-17-9-8-10-18(14(17)3)11-13(2)19-12-23(16(5)21-19)22-15(4)20-6/h8-12H,7H2,1-6H3/b13-11+,22-15+. The van der Waals surface area contributed by atoms with Crippen LogP contribution in [0.1, 0.15) is 49.0 Å². The van der Waals surface area contributed by atoms with Crippen molar-refractivity contribution in [3.63, 3.8) is 0 Å². The van der Waals surface area contributed by atoms with E-state index in [-0.39, 0.29) is 0 Å². The minimum atomic E-state index is 0.896. The Labute approximate surface area is 140 Å². The van der Waals surface area contributed by atoms with Gasteiger partial charge in [0.1, 0.15) is 5.82 Å². The van der Waals surface area contributed by atoms with Crippen LogP contribution in [-0.2, 0) is 6.42 Å². The molecule has 0 N–H and O–H groups in total. The lowest BCUT2D eigenvalue weighted by atomic mass is 9.77. The van der Waals surface area contributed by atoms with E-state index >= 15 is 0 Å². The van der Waals surface area contributed by atoms with Gasteiger partial charge in [-0.3, -0.25) is 0 Å². The molecule has 1 radical (unpaired) electrons. The zero-order valence-corrected chi connectivity index (χ0v) is 15.0. The van der Waals surface area contributed by atoms with Crippen LogP contribution in [0.2, 0.25) is 6.82 Å². The van der Waals surface area contributed by atoms with Crippen molar-refractivity contribution < 1.29 is 0 Å². The SMILES string of the molecule is C[B]/C(C)=N/n1cc(/C(C)=C/c2cccc(CC)c2C)nc1C. The van der Waals surface area contributed by atoms with Crippen molar-refractivity contribution in [1.29, 1.82) is 0 Å². The molecule has 0 amide bonds. The molecule has 0 spiro atoms. The molecule has 1 heterocycles. The van der Waals surface area contributed by atoms with Gasteiger partial charge in [0.2, 0.25) is 0 Å². The molecule has 0 fully saturated rings. The van der Waals surface area contributed by atoms with E-state index in [0.717, 1.165) is 29.1 Å². The van der Waals surface area contributed by atoms with Gasteiger partial charge >= 0.3 is 0 Å². The van der Waals surface area contributed by atoms with Crippen molar-refractivity contribution in [1.82, 2.24) is 9.66 Å². The van der Waals surface area contributed by atoms with Crippen LogP contribution in [0.4, 0.5) is 0 Å². The van der Waals surface area contributed by atoms with Gasteiger partial charge in [0.05, 0.1) is 11.9 Å². The summed E-state index contributed by atoms with van der Waals surface area (Å²) in [6, 6.07) is 6.48. The Balaban J connectivity index is 2.38. The second kappa shape index (κ2) is 7.45. The fraction of sp³-hybridized carbons (Fsp3) is 0.368. The summed E-state index contributed by atoms with van der Waals surface area (Å²) in [5, 5.41) is 4.52. The molecule has 0 atom stereocenters. The second-order valence-electron chi connectivity index (χ2n) is 5.86. The number of hydrogen-bond donors (Lipinski definition) is 0. The highest BCUT2D eigenvalue weighted by atomic mass is 15.4. The van der Waals surface area contributed by atoms with Crippen molar-refractivity contribution in [3.8, 4) is 0 Å². The van der Waals surface area contributed by atoms with Crippen LogP contribution < -0.4 is 0 Å². The van der Waals surface area contributed by atoms with Crippen LogP contribution in [-0.4, -0.2) is 22.6 Å². The first-order valence-electron chi connectivity index (χ1n) is 8.14. The lowest BCUT2D eigenvalue weighted by molar-refractivity contribution is 0.829. The molecule has 0 saturated heterocycles. The molecule has 119 valence electrons. The molecule has 1 aromatic heterocycles. The predicted octanol–water partition coefficient (Wildman–Crippen LogP) is 4.56. The van der Waals surface area contributed by atoms with Crippen LogP contribution >= 0.6 is 0 Å². The van der Waals surface area contributed by atoms with Gasteiger partial charge in [-0.1, -0.05) is 31.9 Å². The molecule has 0 bridgehead atoms. The molecule has 0 unspecified atom stereocenters. The van der Waals surface area contributed by atoms with Gasteiger partial charge in [0, 0.05) is 0 Å². The minimum Gasteiger partial charge on any atom is -0.232 e. The highest BCUT2D eigenvalue weighted by Crippen LogP contribution is 2.21. The Kier molecular flexibility index (Phi) is 5.59. The minimum absolute atomic E-state index is 0.896. The van der Waals surface area contributed by atoms with Gasteiger partial charge < -0.3 is 0 Å². The van der Waals surface area contributed by atoms with E-state index in [9.17, 15) is 0 Å². The highest BCUT2D eigenvalue weighted by molar-refractivity contribution is 6.73. The maximum atomic E-state index is 4.64. The summed E-state index contributed by atoms with van der Waals surface area (Å²) in [4.78, 5) is 4.64. The van der Waals surface area contributed by atoms with Gasteiger partial charge in [0.25, 0.3) is 0 Å². The van der Waals surface area contributed by atoms with Crippen molar-refractivity contribution in [2.24, 2.45) is 5.10 Å². The summed E-state index contributed by atoms with van der Waals surface area (Å²) in [5.74, 6) is 0.896. The van der Waals surface area contributed by atoms with Crippen LogP contribution in [0.25, 0.3) is 11.6 Å². The van der Waals surface area contributed by atoms with E-state index in [1.54, 1.807) is 0 Å². The Hall–Kier alpha value is -2.10. The monoisotopic (exact) mass is 306 g/mol. The largest absolute Gasteiger partial charge is 0.232 e. The molecule has 0 saturated carbocycles. The van der Waals surface area contributed by atoms with E-state index in [1.807, 2.05) is 38.8 Å². The third kappa shape index (κ3) is 4.01. The molecule has 2 rings (SSSR count). The van der Waals surface area contributed by atoms with Crippen molar-refractivity contribution >= 4 is 24.5 Å². The molecular weight excluding hydrogens is 281 g/mol. The smallest absolute Gasteiger partial charge is 0.170 e. The number of hydrogen-bond acceptors (Lipinski definition) is 2. The number of allylic oxidation sites excluding steroid dienone is 1. The number of nitrogens with zero attached hydrogens (tertiary/aromatic N) is 3. The average Bonchev–Trinajstić information content (AvgIpc) is 2.90. The first-order valence-corrected chi connectivity index (χ1v) is 8.14. The van der Waals surface area contributed by atoms with Crippen LogP contribution in [0.15, 0.2) is 29.5 Å². The topological polar surface area (TPSA) is 30.2 Å². The predicted molar refractivity (Wildman–Crippen MR) is 101 cm³/mol. The number of aryl methyl sites for hydroxylation is 2. The summed E-state index contributed by atoms with van der Waals surface area (Å²) >= 11 is 0. The molecule has 1 aromatic carbocycles. The molecule has 0 aliphatic heterocycles. The van der Waals surface area contributed by atoms with Gasteiger partial charge in [-0.15, -0.1) is 0 Å². The van der Waals surface area contributed by atoms with Crippen molar-refractivity contribution in [2.45, 2.75) is 47.9 Å². The van der Waals surface area contributed by atoms with Crippen molar-refractivity contribution in [3.05, 3.63) is 52.6 Å². The summed E-state index contributed by atoms with van der Waals surface area (Å²) in [7, 11) is 1.99. The molecule has 0 aliphatic carbocycles. The Morgan fingerprint density at radius 1 is 1.30 bits per heavy atom. The van der Waals surface area contributed by atoms with Gasteiger partial charge in [-0.2, -0.15) is 5.10 Å². The summed E-state index contributed by atoms with van der Waals surface area (Å²) in [5.41, 5.74) is 7.10. The van der Waals surface area contributed by atoms with Crippen LogP contribution in [0, 0.1) is 13.8 Å². The van der Waals surface area contributed by atoms with Gasteiger partial charge in [-0.05, 0) is 68.1 Å². The molecule has 0 aliphatic rings.